The van der Waals surface area contributed by atoms with Crippen molar-refractivity contribution in [1.82, 2.24) is 14.1 Å². The molecule has 0 fully saturated rings. The minimum atomic E-state index is 0.990. The van der Waals surface area contributed by atoms with Gasteiger partial charge in [0.2, 0.25) is 0 Å². The Kier molecular flexibility index (Phi) is 9.68. The SMILES string of the molecule is c1cc(-c2ccc3c4ccccc4c4ccccc4c3c2)cc(-c2cccc3c2sc2ccccc23)c1.c1ccc2c(c1)c1ccccc1n2-c1ccc2sc3c(-n4c5ccccc5c5ccccc54)nccc3c2c1. The van der Waals surface area contributed by atoms with Crippen molar-refractivity contribution < 1.29 is 0 Å². The van der Waals surface area contributed by atoms with Crippen LogP contribution in [0.2, 0.25) is 0 Å². The van der Waals surface area contributed by atoms with Crippen molar-refractivity contribution in [3.8, 4) is 33.8 Å². The van der Waals surface area contributed by atoms with Crippen molar-refractivity contribution in [3.05, 3.63) is 261 Å². The number of aromatic nitrogens is 3. The first-order valence-corrected chi connectivity index (χ1v) is 27.5. The first-order valence-electron chi connectivity index (χ1n) is 25.8. The van der Waals surface area contributed by atoms with Gasteiger partial charge in [0.15, 0.2) is 5.82 Å². The first-order chi connectivity index (χ1) is 37.7. The summed E-state index contributed by atoms with van der Waals surface area (Å²) >= 11 is 3.71. The van der Waals surface area contributed by atoms with Gasteiger partial charge >= 0.3 is 0 Å². The monoisotopic (exact) mass is 1000 g/mol. The Labute approximate surface area is 445 Å². The Bertz CT molecular complexity index is 5060. The van der Waals surface area contributed by atoms with Crippen LogP contribution in [-0.4, -0.2) is 14.1 Å². The maximum atomic E-state index is 4.97. The lowest BCUT2D eigenvalue weighted by atomic mass is 9.91. The van der Waals surface area contributed by atoms with Gasteiger partial charge in [0.25, 0.3) is 0 Å². The highest BCUT2D eigenvalue weighted by Gasteiger charge is 2.19. The lowest BCUT2D eigenvalue weighted by molar-refractivity contribution is 1.11. The third-order valence-corrected chi connectivity index (χ3v) is 18.0. The molecule has 0 amide bonds. The van der Waals surface area contributed by atoms with Crippen LogP contribution in [0.15, 0.2) is 261 Å². The summed E-state index contributed by atoms with van der Waals surface area (Å²) < 4.78 is 9.90. The lowest BCUT2D eigenvalue weighted by Gasteiger charge is -2.12. The van der Waals surface area contributed by atoms with Gasteiger partial charge in [-0.2, -0.15) is 0 Å². The second kappa shape index (κ2) is 17.1. The Hall–Kier alpha value is -9.39. The molecule has 0 spiro atoms. The van der Waals surface area contributed by atoms with Crippen LogP contribution in [0.3, 0.4) is 0 Å². The first kappa shape index (κ1) is 43.1. The predicted molar refractivity (Wildman–Crippen MR) is 329 cm³/mol. The van der Waals surface area contributed by atoms with Gasteiger partial charge in [-0.25, -0.2) is 4.98 Å². The maximum Gasteiger partial charge on any atom is 0.155 e. The van der Waals surface area contributed by atoms with Crippen LogP contribution in [-0.2, 0) is 0 Å². The molecule has 0 bridgehead atoms. The van der Waals surface area contributed by atoms with Gasteiger partial charge in [-0.1, -0.05) is 188 Å². The number of rotatable bonds is 4. The summed E-state index contributed by atoms with van der Waals surface area (Å²) in [6.07, 6.45) is 1.96. The van der Waals surface area contributed by atoms with Crippen LogP contribution in [0, 0.1) is 0 Å². The summed E-state index contributed by atoms with van der Waals surface area (Å²) in [5, 5.41) is 18.1. The van der Waals surface area contributed by atoms with Crippen LogP contribution in [0.25, 0.3) is 150 Å². The van der Waals surface area contributed by atoms with E-state index in [9.17, 15) is 0 Å². The molecule has 17 rings (SSSR count). The van der Waals surface area contributed by atoms with E-state index in [1.54, 1.807) is 0 Å². The molecule has 0 saturated carbocycles. The van der Waals surface area contributed by atoms with Crippen molar-refractivity contribution >= 4 is 139 Å². The minimum Gasteiger partial charge on any atom is -0.309 e. The summed E-state index contributed by atoms with van der Waals surface area (Å²) in [5.41, 5.74) is 11.1. The molecule has 0 atom stereocenters. The summed E-state index contributed by atoms with van der Waals surface area (Å²) in [7, 11) is 0. The summed E-state index contributed by atoms with van der Waals surface area (Å²) in [6, 6.07) is 92.6. The largest absolute Gasteiger partial charge is 0.309 e. The van der Waals surface area contributed by atoms with E-state index in [2.05, 4.69) is 264 Å². The third kappa shape index (κ3) is 6.56. The molecule has 0 aliphatic carbocycles. The standard InChI is InChI=1S/C36H22S.C35H21N3S/c1-2-13-29-27(11-1)28-12-3-4-14-30(28)34-22-24(19-20-31(29)34)23-9-7-10-25(21-23)26-16-8-17-33-32-15-5-6-18-35(32)37-36(26)33;1-5-13-29-23(9-1)24-10-2-6-14-30(24)37(29)22-17-18-33-28(21-22)27-19-20-36-35(34(27)39-33)38-31-15-7-3-11-25(31)26-12-4-8-16-32(26)38/h1-22H;1-21H. The third-order valence-electron chi connectivity index (χ3n) is 15.6. The molecular weight excluding hydrogens is 959 g/mol. The normalized spacial score (nSPS) is 11.9. The summed E-state index contributed by atoms with van der Waals surface area (Å²) in [5.74, 6) is 0.990. The zero-order valence-corrected chi connectivity index (χ0v) is 42.6. The van der Waals surface area contributed by atoms with Crippen LogP contribution >= 0.6 is 22.7 Å². The predicted octanol–water partition coefficient (Wildman–Crippen LogP) is 20.5. The molecule has 5 heteroatoms. The zero-order chi connectivity index (χ0) is 49.8. The zero-order valence-electron chi connectivity index (χ0n) is 41.0. The van der Waals surface area contributed by atoms with E-state index in [4.69, 9.17) is 4.98 Å². The van der Waals surface area contributed by atoms with Gasteiger partial charge in [-0.3, -0.25) is 4.57 Å². The molecule has 0 unspecified atom stereocenters. The Balaban J connectivity index is 0.000000128. The molecule has 76 heavy (non-hydrogen) atoms. The number of nitrogens with zero attached hydrogens (tertiary/aromatic N) is 3. The van der Waals surface area contributed by atoms with E-state index in [0.29, 0.717) is 0 Å². The molecule has 5 aromatic heterocycles. The van der Waals surface area contributed by atoms with Crippen molar-refractivity contribution in [3.63, 3.8) is 0 Å². The van der Waals surface area contributed by atoms with E-state index < -0.39 is 0 Å². The molecule has 0 aliphatic heterocycles. The number of hydrogen-bond donors (Lipinski definition) is 0. The molecular formula is C71H43N3S2. The minimum absolute atomic E-state index is 0.990. The average molecular weight is 1000 g/mol. The Morgan fingerprint density at radius 2 is 0.724 bits per heavy atom. The molecule has 3 nitrogen and oxygen atoms in total. The number of thiophene rings is 2. The van der Waals surface area contributed by atoms with Crippen LogP contribution < -0.4 is 0 Å². The van der Waals surface area contributed by atoms with Crippen LogP contribution in [0.4, 0.5) is 0 Å². The van der Waals surface area contributed by atoms with Gasteiger partial charge in [-0.05, 0) is 121 Å². The fourth-order valence-corrected chi connectivity index (χ4v) is 14.7. The molecule has 0 aliphatic rings. The molecule has 12 aromatic carbocycles. The van der Waals surface area contributed by atoms with Crippen molar-refractivity contribution in [2.24, 2.45) is 0 Å². The number of fused-ring (bicyclic) bond motifs is 18. The quantitative estimate of drug-likeness (QED) is 0.161. The number of benzene rings is 12. The van der Waals surface area contributed by atoms with Crippen LogP contribution in [0.1, 0.15) is 0 Å². The van der Waals surface area contributed by atoms with Gasteiger partial charge in [0, 0.05) is 69.1 Å². The molecule has 0 saturated heterocycles. The molecule has 0 N–H and O–H groups in total. The van der Waals surface area contributed by atoms with E-state index in [1.165, 1.54) is 144 Å². The number of pyridine rings is 1. The topological polar surface area (TPSA) is 22.8 Å². The lowest BCUT2D eigenvalue weighted by Crippen LogP contribution is -1.97. The average Bonchev–Trinajstić information content (AvgIpc) is 4.31. The van der Waals surface area contributed by atoms with E-state index >= 15 is 0 Å². The maximum absolute atomic E-state index is 4.97. The van der Waals surface area contributed by atoms with E-state index in [0.717, 1.165) is 5.82 Å². The van der Waals surface area contributed by atoms with Gasteiger partial charge in [-0.15, -0.1) is 22.7 Å². The highest BCUT2D eigenvalue weighted by Crippen LogP contribution is 2.44. The fourth-order valence-electron chi connectivity index (χ4n) is 12.3. The van der Waals surface area contributed by atoms with Gasteiger partial charge < -0.3 is 4.57 Å². The number of hydrogen-bond acceptors (Lipinski definition) is 3. The van der Waals surface area contributed by atoms with Crippen molar-refractivity contribution in [1.29, 1.82) is 0 Å². The van der Waals surface area contributed by atoms with Gasteiger partial charge in [0.1, 0.15) is 0 Å². The highest BCUT2D eigenvalue weighted by molar-refractivity contribution is 7.26. The number of para-hydroxylation sites is 4. The van der Waals surface area contributed by atoms with Crippen LogP contribution in [0.5, 0.6) is 0 Å². The fraction of sp³-hybridized carbons (Fsp3) is 0. The molecule has 5 heterocycles. The Morgan fingerprint density at radius 1 is 0.263 bits per heavy atom. The van der Waals surface area contributed by atoms with Gasteiger partial charge in [0.05, 0.1) is 26.8 Å². The second-order valence-electron chi connectivity index (χ2n) is 19.7. The summed E-state index contributed by atoms with van der Waals surface area (Å²) in [4.78, 5) is 4.97. The summed E-state index contributed by atoms with van der Waals surface area (Å²) in [6.45, 7) is 0. The van der Waals surface area contributed by atoms with Crippen molar-refractivity contribution in [2.45, 2.75) is 0 Å². The van der Waals surface area contributed by atoms with E-state index in [-0.39, 0.29) is 0 Å². The highest BCUT2D eigenvalue weighted by atomic mass is 32.1. The molecule has 17 aromatic rings. The second-order valence-corrected chi connectivity index (χ2v) is 21.9. The van der Waals surface area contributed by atoms with E-state index in [1.807, 2.05) is 28.9 Å². The smallest absolute Gasteiger partial charge is 0.155 e. The van der Waals surface area contributed by atoms with Crippen molar-refractivity contribution in [2.75, 3.05) is 0 Å². The molecule has 0 radical (unpaired) electrons. The Morgan fingerprint density at radius 3 is 1.37 bits per heavy atom. The molecule has 354 valence electrons.